The van der Waals surface area contributed by atoms with Crippen LogP contribution in [0.5, 0.6) is 5.75 Å². The highest BCUT2D eigenvalue weighted by Gasteiger charge is 2.31. The molecule has 4 aromatic rings. The summed E-state index contributed by atoms with van der Waals surface area (Å²) < 4.78 is 14.0. The predicted octanol–water partition coefficient (Wildman–Crippen LogP) is 3.12. The van der Waals surface area contributed by atoms with Gasteiger partial charge in [0.1, 0.15) is 28.6 Å². The van der Waals surface area contributed by atoms with Crippen LogP contribution in [0.1, 0.15) is 19.3 Å². The lowest BCUT2D eigenvalue weighted by atomic mass is 10.2. The number of nitrogens with one attached hydrogen (secondary N) is 1. The number of fused-ring (bicyclic) bond motifs is 1. The number of imidazole rings is 1. The Morgan fingerprint density at radius 1 is 1.16 bits per heavy atom. The fourth-order valence-corrected chi connectivity index (χ4v) is 4.88. The van der Waals surface area contributed by atoms with Gasteiger partial charge in [-0.15, -0.1) is 0 Å². The van der Waals surface area contributed by atoms with Gasteiger partial charge in [0.2, 0.25) is 5.91 Å². The van der Waals surface area contributed by atoms with Crippen LogP contribution in [-0.4, -0.2) is 46.7 Å². The third-order valence-electron chi connectivity index (χ3n) is 6.35. The van der Waals surface area contributed by atoms with Crippen LogP contribution in [0.4, 0.5) is 11.7 Å². The number of anilines is 2. The van der Waals surface area contributed by atoms with E-state index < -0.39 is 0 Å². The highest BCUT2D eigenvalue weighted by atomic mass is 16.5. The molecule has 164 valence electrons. The number of carbonyl (C=O) groups is 1. The smallest absolute Gasteiger partial charge is 0.295 e. The lowest BCUT2D eigenvalue weighted by Gasteiger charge is -2.25. The molecule has 1 fully saturated rings. The molecule has 2 aromatic carbocycles. The van der Waals surface area contributed by atoms with E-state index in [1.807, 2.05) is 30.3 Å². The number of aryl methyl sites for hydroxylation is 1. The van der Waals surface area contributed by atoms with Crippen LogP contribution < -0.4 is 20.7 Å². The Kier molecular flexibility index (Phi) is 4.24. The number of ether oxygens (including phenoxy) is 1. The number of hydrogen-bond donors (Lipinski definition) is 2. The lowest BCUT2D eigenvalue weighted by Crippen LogP contribution is -2.40. The molecule has 4 heterocycles. The minimum absolute atomic E-state index is 0.289. The predicted molar refractivity (Wildman–Crippen MR) is 122 cm³/mol. The average Bonchev–Trinajstić information content (AvgIpc) is 3.48. The SMILES string of the molecule is CNc1nc2cc(-c3nc4cc(N5CCC[C@H]5C(N)=O)cc5c4n3CCCO5)ccc2o1. The molecule has 0 saturated carbocycles. The monoisotopic (exact) mass is 432 g/mol. The number of carbonyl (C=O) groups excluding carboxylic acids is 1. The van der Waals surface area contributed by atoms with Crippen LogP contribution in [0.25, 0.3) is 33.5 Å². The normalized spacial score (nSPS) is 18.2. The van der Waals surface area contributed by atoms with Crippen molar-refractivity contribution in [3.63, 3.8) is 0 Å². The van der Waals surface area contributed by atoms with E-state index in [4.69, 9.17) is 19.9 Å². The summed E-state index contributed by atoms with van der Waals surface area (Å²) in [6.45, 7) is 2.24. The fourth-order valence-electron chi connectivity index (χ4n) is 4.88. The van der Waals surface area contributed by atoms with Crippen molar-refractivity contribution in [2.45, 2.75) is 31.8 Å². The maximum absolute atomic E-state index is 12.0. The quantitative estimate of drug-likeness (QED) is 0.510. The Bertz CT molecular complexity index is 1360. The van der Waals surface area contributed by atoms with E-state index in [1.54, 1.807) is 7.05 Å². The second-order valence-corrected chi connectivity index (χ2v) is 8.31. The molecule has 2 aromatic heterocycles. The summed E-state index contributed by atoms with van der Waals surface area (Å²) in [4.78, 5) is 23.5. The Hall–Kier alpha value is -3.75. The highest BCUT2D eigenvalue weighted by molar-refractivity contribution is 5.92. The van der Waals surface area contributed by atoms with Crippen LogP contribution in [0.2, 0.25) is 0 Å². The summed E-state index contributed by atoms with van der Waals surface area (Å²) in [5, 5.41) is 2.94. The highest BCUT2D eigenvalue weighted by Crippen LogP contribution is 2.39. The Morgan fingerprint density at radius 2 is 2.06 bits per heavy atom. The summed E-state index contributed by atoms with van der Waals surface area (Å²) in [5.74, 6) is 1.37. The third kappa shape index (κ3) is 2.88. The van der Waals surface area contributed by atoms with Gasteiger partial charge in [0.15, 0.2) is 5.58 Å². The molecule has 32 heavy (non-hydrogen) atoms. The number of primary amides is 1. The molecule has 3 N–H and O–H groups in total. The molecular formula is C23H24N6O3. The zero-order valence-electron chi connectivity index (χ0n) is 17.8. The van der Waals surface area contributed by atoms with Gasteiger partial charge in [-0.1, -0.05) is 0 Å². The summed E-state index contributed by atoms with van der Waals surface area (Å²) in [6.07, 6.45) is 2.59. The van der Waals surface area contributed by atoms with Crippen molar-refractivity contribution >= 4 is 39.7 Å². The number of oxazole rings is 1. The van der Waals surface area contributed by atoms with Crippen LogP contribution in [0, 0.1) is 0 Å². The van der Waals surface area contributed by atoms with E-state index in [1.165, 1.54) is 0 Å². The second-order valence-electron chi connectivity index (χ2n) is 8.31. The number of aromatic nitrogens is 3. The van der Waals surface area contributed by atoms with E-state index in [-0.39, 0.29) is 11.9 Å². The van der Waals surface area contributed by atoms with Crippen molar-refractivity contribution in [3.05, 3.63) is 30.3 Å². The van der Waals surface area contributed by atoms with Crippen LogP contribution in [-0.2, 0) is 11.3 Å². The summed E-state index contributed by atoms with van der Waals surface area (Å²) in [5.41, 5.74) is 10.9. The standard InChI is InChI=1S/C23H24N6O3/c1-25-23-27-15-10-13(5-6-18(15)32-23)22-26-16-11-14(28-7-2-4-17(28)21(24)30)12-19-20(16)29(22)8-3-9-31-19/h5-6,10-12,17H,2-4,7-9H2,1H3,(H2,24,30)(H,25,27)/t17-/m0/s1. The molecular weight excluding hydrogens is 408 g/mol. The largest absolute Gasteiger partial charge is 0.491 e. The number of nitrogens with zero attached hydrogens (tertiary/aromatic N) is 4. The van der Waals surface area contributed by atoms with Gasteiger partial charge in [0.05, 0.1) is 12.1 Å². The molecule has 0 aliphatic carbocycles. The van der Waals surface area contributed by atoms with Crippen molar-refractivity contribution in [2.24, 2.45) is 5.73 Å². The molecule has 0 spiro atoms. The van der Waals surface area contributed by atoms with Gasteiger partial charge in [0.25, 0.3) is 6.01 Å². The van der Waals surface area contributed by atoms with Gasteiger partial charge in [0, 0.05) is 37.5 Å². The molecule has 0 bridgehead atoms. The van der Waals surface area contributed by atoms with E-state index >= 15 is 0 Å². The van der Waals surface area contributed by atoms with Crippen LogP contribution >= 0.6 is 0 Å². The minimum Gasteiger partial charge on any atom is -0.491 e. The first kappa shape index (κ1) is 19.0. The van der Waals surface area contributed by atoms with E-state index in [2.05, 4.69) is 19.8 Å². The van der Waals surface area contributed by atoms with Gasteiger partial charge in [-0.05, 0) is 43.5 Å². The van der Waals surface area contributed by atoms with Crippen LogP contribution in [0.3, 0.4) is 0 Å². The third-order valence-corrected chi connectivity index (χ3v) is 6.35. The zero-order valence-corrected chi connectivity index (χ0v) is 17.8. The lowest BCUT2D eigenvalue weighted by molar-refractivity contribution is -0.119. The Labute approximate surface area is 184 Å². The van der Waals surface area contributed by atoms with Gasteiger partial charge >= 0.3 is 0 Å². The Morgan fingerprint density at radius 3 is 2.91 bits per heavy atom. The number of rotatable bonds is 4. The van der Waals surface area contributed by atoms with E-state index in [0.29, 0.717) is 12.6 Å². The van der Waals surface area contributed by atoms with Crippen molar-refractivity contribution in [1.82, 2.24) is 14.5 Å². The molecule has 0 unspecified atom stereocenters. The van der Waals surface area contributed by atoms with Crippen molar-refractivity contribution in [1.29, 1.82) is 0 Å². The van der Waals surface area contributed by atoms with Crippen molar-refractivity contribution in [3.8, 4) is 17.1 Å². The van der Waals surface area contributed by atoms with Gasteiger partial charge in [-0.3, -0.25) is 4.79 Å². The minimum atomic E-state index is -0.289. The fraction of sp³-hybridized carbons (Fsp3) is 0.348. The number of hydrogen-bond acceptors (Lipinski definition) is 7. The summed E-state index contributed by atoms with van der Waals surface area (Å²) in [7, 11) is 1.78. The summed E-state index contributed by atoms with van der Waals surface area (Å²) >= 11 is 0. The first-order valence-electron chi connectivity index (χ1n) is 10.9. The zero-order chi connectivity index (χ0) is 21.8. The molecule has 1 amide bonds. The molecule has 9 heteroatoms. The number of nitrogens with two attached hydrogens (primary N) is 1. The van der Waals surface area contributed by atoms with Gasteiger partial charge < -0.3 is 29.7 Å². The van der Waals surface area contributed by atoms with Gasteiger partial charge in [-0.2, -0.15) is 4.98 Å². The molecule has 1 atom stereocenters. The van der Waals surface area contributed by atoms with Crippen LogP contribution in [0.15, 0.2) is 34.7 Å². The number of benzene rings is 2. The molecule has 1 saturated heterocycles. The van der Waals surface area contributed by atoms with Crippen molar-refractivity contribution < 1.29 is 13.9 Å². The summed E-state index contributed by atoms with van der Waals surface area (Å²) in [6, 6.07) is 10.2. The van der Waals surface area contributed by atoms with E-state index in [0.717, 1.165) is 77.3 Å². The maximum atomic E-state index is 12.0. The molecule has 2 aliphatic rings. The first-order chi connectivity index (χ1) is 15.6. The molecule has 0 radical (unpaired) electrons. The number of amides is 1. The molecule has 9 nitrogen and oxygen atoms in total. The molecule has 2 aliphatic heterocycles. The average molecular weight is 432 g/mol. The Balaban J connectivity index is 1.51. The molecule has 6 rings (SSSR count). The maximum Gasteiger partial charge on any atom is 0.295 e. The van der Waals surface area contributed by atoms with Crippen molar-refractivity contribution in [2.75, 3.05) is 30.4 Å². The van der Waals surface area contributed by atoms with E-state index in [9.17, 15) is 4.79 Å². The topological polar surface area (TPSA) is 111 Å². The second kappa shape index (κ2) is 7.15. The van der Waals surface area contributed by atoms with Gasteiger partial charge in [-0.25, -0.2) is 4.98 Å². The first-order valence-corrected chi connectivity index (χ1v) is 10.9.